The second-order valence-corrected chi connectivity index (χ2v) is 6.30. The van der Waals surface area contributed by atoms with Crippen molar-refractivity contribution in [3.8, 4) is 11.5 Å². The second kappa shape index (κ2) is 8.58. The maximum absolute atomic E-state index is 12.5. The number of hydrogen-bond donors (Lipinski definition) is 2. The lowest BCUT2D eigenvalue weighted by atomic mass is 10.2. The van der Waals surface area contributed by atoms with Gasteiger partial charge in [0.05, 0.1) is 32.3 Å². The topological polar surface area (TPSA) is 85.4 Å². The normalized spacial score (nSPS) is 10.3. The third-order valence-electron chi connectivity index (χ3n) is 3.98. The molecule has 1 amide bonds. The number of nitrogens with zero attached hydrogens (tertiary/aromatic N) is 2. The molecule has 7 nitrogen and oxygen atoms in total. The van der Waals surface area contributed by atoms with Crippen molar-refractivity contribution in [2.45, 2.75) is 6.92 Å². The number of methoxy groups -OCH3 is 2. The fourth-order valence-electron chi connectivity index (χ4n) is 2.43. The maximum Gasteiger partial charge on any atom is 0.275 e. The molecule has 0 unspecified atom stereocenters. The summed E-state index contributed by atoms with van der Waals surface area (Å²) in [5.74, 6) is 1.19. The fraction of sp³-hybridized carbons (Fsp3) is 0.150. The molecule has 28 heavy (non-hydrogen) atoms. The number of nitrogens with one attached hydrogen (secondary N) is 2. The molecule has 0 saturated heterocycles. The van der Waals surface area contributed by atoms with Gasteiger partial charge in [0, 0.05) is 16.8 Å². The molecule has 2 N–H and O–H groups in total. The van der Waals surface area contributed by atoms with E-state index in [9.17, 15) is 4.79 Å². The van der Waals surface area contributed by atoms with Gasteiger partial charge in [0.2, 0.25) is 0 Å². The molecule has 3 rings (SSSR count). The largest absolute Gasteiger partial charge is 0.497 e. The Labute approximate surface area is 167 Å². The van der Waals surface area contributed by atoms with Gasteiger partial charge in [-0.25, -0.2) is 9.97 Å². The van der Waals surface area contributed by atoms with Gasteiger partial charge < -0.3 is 20.1 Å². The molecule has 2 aromatic carbocycles. The summed E-state index contributed by atoms with van der Waals surface area (Å²) >= 11 is 6.12. The molecule has 0 fully saturated rings. The van der Waals surface area contributed by atoms with Gasteiger partial charge in [0.25, 0.3) is 5.91 Å². The molecule has 0 bridgehead atoms. The Morgan fingerprint density at radius 1 is 1.04 bits per heavy atom. The van der Waals surface area contributed by atoms with Gasteiger partial charge in [-0.2, -0.15) is 0 Å². The van der Waals surface area contributed by atoms with Gasteiger partial charge >= 0.3 is 0 Å². The van der Waals surface area contributed by atoms with Gasteiger partial charge in [0.15, 0.2) is 0 Å². The summed E-state index contributed by atoms with van der Waals surface area (Å²) in [6.45, 7) is 1.93. The van der Waals surface area contributed by atoms with Gasteiger partial charge in [-0.1, -0.05) is 17.7 Å². The minimum atomic E-state index is -0.413. The molecular weight excluding hydrogens is 380 g/mol. The van der Waals surface area contributed by atoms with E-state index < -0.39 is 5.91 Å². The third-order valence-corrected chi connectivity index (χ3v) is 4.39. The zero-order chi connectivity index (χ0) is 20.1. The SMILES string of the molecule is COc1ccc(OC)c(NC(=O)c2cnc(Nc3ccc(C)c(Cl)c3)cn2)c1. The number of carbonyl (C=O) groups excluding carboxylic acids is 1. The predicted molar refractivity (Wildman–Crippen MR) is 109 cm³/mol. The standard InChI is InChI=1S/C20H19ClN4O3/c1-12-4-5-13(8-15(12)21)24-19-11-22-17(10-23-19)20(26)25-16-9-14(27-2)6-7-18(16)28-3/h4-11H,1-3H3,(H,23,24)(H,25,26). The number of aromatic nitrogens is 2. The van der Waals surface area contributed by atoms with Crippen molar-refractivity contribution < 1.29 is 14.3 Å². The van der Waals surface area contributed by atoms with Gasteiger partial charge in [-0.3, -0.25) is 4.79 Å². The van der Waals surface area contributed by atoms with E-state index in [0.29, 0.717) is 28.0 Å². The van der Waals surface area contributed by atoms with Crippen LogP contribution >= 0.6 is 11.6 Å². The lowest BCUT2D eigenvalue weighted by molar-refractivity contribution is 0.102. The van der Waals surface area contributed by atoms with Crippen molar-refractivity contribution in [3.63, 3.8) is 0 Å². The zero-order valence-electron chi connectivity index (χ0n) is 15.6. The minimum Gasteiger partial charge on any atom is -0.497 e. The van der Waals surface area contributed by atoms with Crippen LogP contribution in [0.4, 0.5) is 17.2 Å². The van der Waals surface area contributed by atoms with E-state index >= 15 is 0 Å². The van der Waals surface area contributed by atoms with Gasteiger partial charge in [-0.15, -0.1) is 0 Å². The van der Waals surface area contributed by atoms with E-state index in [1.54, 1.807) is 31.4 Å². The van der Waals surface area contributed by atoms with Crippen molar-refractivity contribution in [3.05, 3.63) is 65.1 Å². The number of ether oxygens (including phenoxy) is 2. The summed E-state index contributed by atoms with van der Waals surface area (Å²) < 4.78 is 10.4. The molecule has 0 aliphatic heterocycles. The average Bonchev–Trinajstić information content (AvgIpc) is 2.71. The molecule has 8 heteroatoms. The number of rotatable bonds is 6. The Bertz CT molecular complexity index is 993. The van der Waals surface area contributed by atoms with E-state index in [1.807, 2.05) is 19.1 Å². The minimum absolute atomic E-state index is 0.164. The highest BCUT2D eigenvalue weighted by Gasteiger charge is 2.13. The highest BCUT2D eigenvalue weighted by molar-refractivity contribution is 6.31. The summed E-state index contributed by atoms with van der Waals surface area (Å²) in [6, 6.07) is 10.7. The van der Waals surface area contributed by atoms with E-state index in [1.165, 1.54) is 19.5 Å². The van der Waals surface area contributed by atoms with E-state index in [4.69, 9.17) is 21.1 Å². The highest BCUT2D eigenvalue weighted by atomic mass is 35.5. The Balaban J connectivity index is 1.72. The zero-order valence-corrected chi connectivity index (χ0v) is 16.4. The number of benzene rings is 2. The van der Waals surface area contributed by atoms with E-state index in [2.05, 4.69) is 20.6 Å². The fourth-order valence-corrected chi connectivity index (χ4v) is 2.61. The van der Waals surface area contributed by atoms with Crippen LogP contribution in [0.5, 0.6) is 11.5 Å². The number of carbonyl (C=O) groups is 1. The Hall–Kier alpha value is -3.32. The quantitative estimate of drug-likeness (QED) is 0.638. The van der Waals surface area contributed by atoms with Crippen LogP contribution in [0.25, 0.3) is 0 Å². The van der Waals surface area contributed by atoms with Crippen molar-refractivity contribution in [1.82, 2.24) is 9.97 Å². The molecule has 0 radical (unpaired) electrons. The van der Waals surface area contributed by atoms with Crippen LogP contribution < -0.4 is 20.1 Å². The van der Waals surface area contributed by atoms with Crippen molar-refractivity contribution in [1.29, 1.82) is 0 Å². The Morgan fingerprint density at radius 3 is 2.50 bits per heavy atom. The first-order chi connectivity index (χ1) is 13.5. The second-order valence-electron chi connectivity index (χ2n) is 5.90. The van der Waals surface area contributed by atoms with Gasteiger partial charge in [-0.05, 0) is 36.8 Å². The van der Waals surface area contributed by atoms with E-state index in [0.717, 1.165) is 11.3 Å². The molecule has 144 valence electrons. The molecule has 0 aliphatic carbocycles. The molecule has 0 saturated carbocycles. The lowest BCUT2D eigenvalue weighted by Gasteiger charge is -2.11. The van der Waals surface area contributed by atoms with Crippen LogP contribution in [-0.4, -0.2) is 30.1 Å². The smallest absolute Gasteiger partial charge is 0.275 e. The number of aryl methyl sites for hydroxylation is 1. The van der Waals surface area contributed by atoms with Crippen LogP contribution in [0.3, 0.4) is 0 Å². The van der Waals surface area contributed by atoms with Crippen LogP contribution in [0.15, 0.2) is 48.8 Å². The van der Waals surface area contributed by atoms with Crippen molar-refractivity contribution in [2.75, 3.05) is 24.9 Å². The molecule has 0 spiro atoms. The van der Waals surface area contributed by atoms with Crippen LogP contribution in [0.2, 0.25) is 5.02 Å². The van der Waals surface area contributed by atoms with Crippen LogP contribution in [-0.2, 0) is 0 Å². The molecule has 0 atom stereocenters. The summed E-state index contributed by atoms with van der Waals surface area (Å²) in [4.78, 5) is 20.9. The summed E-state index contributed by atoms with van der Waals surface area (Å²) in [5, 5.41) is 6.50. The summed E-state index contributed by atoms with van der Waals surface area (Å²) in [5.41, 5.74) is 2.41. The first-order valence-electron chi connectivity index (χ1n) is 8.38. The van der Waals surface area contributed by atoms with Crippen LogP contribution in [0, 0.1) is 6.92 Å². The average molecular weight is 399 g/mol. The first-order valence-corrected chi connectivity index (χ1v) is 8.76. The first kappa shape index (κ1) is 19.4. The number of amides is 1. The highest BCUT2D eigenvalue weighted by Crippen LogP contribution is 2.29. The monoisotopic (exact) mass is 398 g/mol. The maximum atomic E-state index is 12.5. The number of anilines is 3. The Morgan fingerprint density at radius 2 is 1.86 bits per heavy atom. The number of hydrogen-bond acceptors (Lipinski definition) is 6. The Kier molecular flexibility index (Phi) is 5.96. The molecule has 0 aliphatic rings. The number of halogens is 1. The van der Waals surface area contributed by atoms with Crippen molar-refractivity contribution in [2.24, 2.45) is 0 Å². The predicted octanol–water partition coefficient (Wildman–Crippen LogP) is 4.45. The third kappa shape index (κ3) is 4.50. The van der Waals surface area contributed by atoms with E-state index in [-0.39, 0.29) is 5.69 Å². The van der Waals surface area contributed by atoms with Crippen molar-refractivity contribution >= 4 is 34.7 Å². The van der Waals surface area contributed by atoms with Gasteiger partial charge in [0.1, 0.15) is 23.0 Å². The van der Waals surface area contributed by atoms with Crippen LogP contribution in [0.1, 0.15) is 16.1 Å². The summed E-state index contributed by atoms with van der Waals surface area (Å²) in [6.07, 6.45) is 2.87. The lowest BCUT2D eigenvalue weighted by Crippen LogP contribution is -2.15. The molecule has 1 aromatic heterocycles. The molecular formula is C20H19ClN4O3. The molecule has 3 aromatic rings. The summed E-state index contributed by atoms with van der Waals surface area (Å²) in [7, 11) is 3.07. The molecule has 1 heterocycles.